The lowest BCUT2D eigenvalue weighted by Crippen LogP contribution is -2.29. The molecule has 0 bridgehead atoms. The van der Waals surface area contributed by atoms with Crippen molar-refractivity contribution in [1.29, 1.82) is 10.5 Å². The molecule has 3 heterocycles. The molecule has 0 aliphatic carbocycles. The van der Waals surface area contributed by atoms with Crippen LogP contribution in [0.3, 0.4) is 0 Å². The van der Waals surface area contributed by atoms with Crippen molar-refractivity contribution >= 4 is 11.1 Å². The molecular formula is C31H4F17N9. The van der Waals surface area contributed by atoms with Gasteiger partial charge in [-0.3, -0.25) is 0 Å². The molecule has 6 rings (SSSR count). The molecule has 0 atom stereocenters. The van der Waals surface area contributed by atoms with E-state index in [4.69, 9.17) is 0 Å². The third-order valence-electron chi connectivity index (χ3n) is 7.54. The quantitative estimate of drug-likeness (QED) is 0.0994. The van der Waals surface area contributed by atoms with Gasteiger partial charge in [0.05, 0.1) is 49.2 Å². The molecule has 3 aromatic carbocycles. The van der Waals surface area contributed by atoms with Crippen molar-refractivity contribution in [2.24, 2.45) is 20.0 Å². The minimum atomic E-state index is -5.63. The standard InChI is InChI=1S/C31H4F17N9/c32-18-17(19(33)21(35)22(36)20(18)34)27-56-25(7(5-49)23-51-13-1-9(28(37,38)39)10(29(40,41)42)2-14(13)52-23)55-26(57-27)8(6-50)24-53-15-3-11(30(43,44)45)12(31(46,47)48)4-16(15)54-24/h1-4H. The predicted octanol–water partition coefficient (Wildman–Crippen LogP) is 6.60. The van der Waals surface area contributed by atoms with Gasteiger partial charge in [0, 0.05) is 0 Å². The Morgan fingerprint density at radius 2 is 0.684 bits per heavy atom. The van der Waals surface area contributed by atoms with Crippen molar-refractivity contribution in [2.45, 2.75) is 24.7 Å². The second kappa shape index (κ2) is 13.1. The maximum atomic E-state index is 15.0. The van der Waals surface area contributed by atoms with E-state index in [-0.39, 0.29) is 24.3 Å². The van der Waals surface area contributed by atoms with Gasteiger partial charge in [-0.25, -0.2) is 56.9 Å². The summed E-state index contributed by atoms with van der Waals surface area (Å²) in [5.41, 5.74) is -13.5. The van der Waals surface area contributed by atoms with Gasteiger partial charge in [-0.2, -0.15) is 63.2 Å². The van der Waals surface area contributed by atoms with Crippen LogP contribution in [-0.4, -0.2) is 15.0 Å². The fraction of sp³-hybridized carbons (Fsp3) is 0.129. The van der Waals surface area contributed by atoms with E-state index >= 15 is 0 Å². The Bertz CT molecular complexity index is 2580. The summed E-state index contributed by atoms with van der Waals surface area (Å²) in [6.45, 7) is 0. The maximum absolute atomic E-state index is 15.0. The highest BCUT2D eigenvalue weighted by atomic mass is 19.4. The van der Waals surface area contributed by atoms with E-state index in [0.717, 1.165) is 0 Å². The Kier molecular flexibility index (Phi) is 9.17. The minimum Gasteiger partial charge on any atom is -0.226 e. The average molecular weight is 825 g/mol. The Hall–Kier alpha value is -6.86. The number of benzene rings is 3. The van der Waals surface area contributed by atoms with Crippen LogP contribution in [0.5, 0.6) is 0 Å². The molecule has 0 radical (unpaired) electrons. The number of nitrogens with zero attached hydrogens (tertiary/aromatic N) is 9. The first kappa shape index (κ1) is 39.8. The van der Waals surface area contributed by atoms with E-state index < -0.39 is 143 Å². The SMILES string of the molecule is N#CC(=C1N=c2cc(C(F)(F)F)c(C(F)(F)F)cc2=N1)c1nc(C(C#N)=C2N=c3cc(C(F)(F)F)c(C(F)(F)F)cc3=N2)nc(-c2c(F)c(F)c(F)c(F)c2F)n1. The lowest BCUT2D eigenvalue weighted by atomic mass is 10.1. The van der Waals surface area contributed by atoms with Crippen molar-refractivity contribution in [3.63, 3.8) is 0 Å². The van der Waals surface area contributed by atoms with Crippen LogP contribution in [0.25, 0.3) is 22.5 Å². The van der Waals surface area contributed by atoms with Gasteiger partial charge in [-0.1, -0.05) is 0 Å². The summed E-state index contributed by atoms with van der Waals surface area (Å²) in [6.07, 6.45) is -22.5. The van der Waals surface area contributed by atoms with Crippen molar-refractivity contribution in [3.05, 3.63) is 120 Å². The summed E-state index contributed by atoms with van der Waals surface area (Å²) >= 11 is 0. The Labute approximate surface area is 300 Å². The van der Waals surface area contributed by atoms with E-state index in [1.807, 2.05) is 0 Å². The average Bonchev–Trinajstić information content (AvgIpc) is 3.71. The van der Waals surface area contributed by atoms with Crippen LogP contribution < -0.4 is 21.4 Å². The molecule has 26 heteroatoms. The normalized spacial score (nSPS) is 13.8. The van der Waals surface area contributed by atoms with Crippen LogP contribution in [0, 0.1) is 51.7 Å². The first-order valence-electron chi connectivity index (χ1n) is 14.3. The van der Waals surface area contributed by atoms with Crippen molar-refractivity contribution in [1.82, 2.24) is 15.0 Å². The minimum absolute atomic E-state index is 0.115. The topological polar surface area (TPSA) is 136 Å². The van der Waals surface area contributed by atoms with E-state index in [2.05, 4.69) is 34.9 Å². The third kappa shape index (κ3) is 6.97. The number of hydrogen-bond acceptors (Lipinski definition) is 9. The molecule has 2 aliphatic rings. The summed E-state index contributed by atoms with van der Waals surface area (Å²) in [5, 5.41) is 16.1. The number of halogens is 17. The second-order valence-electron chi connectivity index (χ2n) is 11.1. The van der Waals surface area contributed by atoms with E-state index in [1.54, 1.807) is 0 Å². The fourth-order valence-corrected chi connectivity index (χ4v) is 5.09. The van der Waals surface area contributed by atoms with E-state index in [9.17, 15) is 85.2 Å². The summed E-state index contributed by atoms with van der Waals surface area (Å²) in [4.78, 5) is 24.6. The van der Waals surface area contributed by atoms with E-state index in [0.29, 0.717) is 0 Å². The monoisotopic (exact) mass is 825 g/mol. The predicted molar refractivity (Wildman–Crippen MR) is 148 cm³/mol. The zero-order chi connectivity index (χ0) is 42.3. The zero-order valence-corrected chi connectivity index (χ0v) is 26.3. The van der Waals surface area contributed by atoms with E-state index in [1.165, 1.54) is 12.1 Å². The summed E-state index contributed by atoms with van der Waals surface area (Å²) in [6, 6.07) is 2.09. The molecule has 9 nitrogen and oxygen atoms in total. The Balaban J connectivity index is 1.68. The molecule has 2 aliphatic heterocycles. The highest BCUT2D eigenvalue weighted by Crippen LogP contribution is 2.41. The van der Waals surface area contributed by atoms with Gasteiger partial charge in [0.1, 0.15) is 23.3 Å². The van der Waals surface area contributed by atoms with Gasteiger partial charge in [0.25, 0.3) is 0 Å². The highest BCUT2D eigenvalue weighted by Gasteiger charge is 2.45. The van der Waals surface area contributed by atoms with Gasteiger partial charge in [-0.05, 0) is 24.3 Å². The molecule has 0 N–H and O–H groups in total. The molecule has 57 heavy (non-hydrogen) atoms. The van der Waals surface area contributed by atoms with Crippen LogP contribution in [0.1, 0.15) is 33.9 Å². The summed E-state index contributed by atoms with van der Waals surface area (Å²) in [5.74, 6) is -19.8. The number of alkyl halides is 12. The number of hydrogen-bond donors (Lipinski definition) is 0. The van der Waals surface area contributed by atoms with Gasteiger partial charge < -0.3 is 0 Å². The zero-order valence-electron chi connectivity index (χ0n) is 26.3. The summed E-state index contributed by atoms with van der Waals surface area (Å²) < 4.78 is 235. The van der Waals surface area contributed by atoms with Gasteiger partial charge in [-0.15, -0.1) is 0 Å². The molecule has 1 aromatic heterocycles. The first-order chi connectivity index (χ1) is 26.3. The van der Waals surface area contributed by atoms with Crippen molar-refractivity contribution < 1.29 is 74.6 Å². The Morgan fingerprint density at radius 1 is 0.421 bits per heavy atom. The molecule has 0 amide bonds. The van der Waals surface area contributed by atoms with Crippen LogP contribution in [0.4, 0.5) is 74.6 Å². The fourth-order valence-electron chi connectivity index (χ4n) is 5.09. The number of rotatable bonds is 3. The summed E-state index contributed by atoms with van der Waals surface area (Å²) in [7, 11) is 0. The number of fused-ring (bicyclic) bond motifs is 2. The number of aromatic nitrogens is 3. The largest absolute Gasteiger partial charge is 0.417 e. The van der Waals surface area contributed by atoms with Crippen LogP contribution in [0.15, 0.2) is 55.9 Å². The highest BCUT2D eigenvalue weighted by molar-refractivity contribution is 5.80. The molecule has 0 saturated carbocycles. The molecule has 0 unspecified atom stereocenters. The maximum Gasteiger partial charge on any atom is 0.417 e. The number of allylic oxidation sites excluding steroid dienone is 2. The Morgan fingerprint density at radius 3 is 0.930 bits per heavy atom. The van der Waals surface area contributed by atoms with Crippen LogP contribution in [-0.2, 0) is 24.7 Å². The van der Waals surface area contributed by atoms with Crippen LogP contribution >= 0.6 is 0 Å². The molecular weight excluding hydrogens is 821 g/mol. The van der Waals surface area contributed by atoms with Gasteiger partial charge in [0.15, 0.2) is 52.4 Å². The third-order valence-corrected chi connectivity index (χ3v) is 7.54. The molecule has 0 saturated heterocycles. The first-order valence-corrected chi connectivity index (χ1v) is 14.3. The number of nitriles is 2. The van der Waals surface area contributed by atoms with Gasteiger partial charge >= 0.3 is 24.7 Å². The lowest BCUT2D eigenvalue weighted by Gasteiger charge is -2.14. The molecule has 0 fully saturated rings. The molecule has 292 valence electrons. The smallest absolute Gasteiger partial charge is 0.226 e. The van der Waals surface area contributed by atoms with Gasteiger partial charge in [0.2, 0.25) is 5.82 Å². The van der Waals surface area contributed by atoms with Crippen molar-refractivity contribution in [2.75, 3.05) is 0 Å². The molecule has 0 spiro atoms. The van der Waals surface area contributed by atoms with Crippen molar-refractivity contribution in [3.8, 4) is 23.5 Å². The second-order valence-corrected chi connectivity index (χ2v) is 11.1. The molecule has 4 aromatic rings. The lowest BCUT2D eigenvalue weighted by molar-refractivity contribution is -0.162. The van der Waals surface area contributed by atoms with Crippen LogP contribution in [0.2, 0.25) is 0 Å².